The summed E-state index contributed by atoms with van der Waals surface area (Å²) in [5, 5.41) is 33.8. The van der Waals surface area contributed by atoms with E-state index in [9.17, 15) is 15.3 Å². The zero-order chi connectivity index (χ0) is 21.8. The molecule has 0 saturated heterocycles. The fourth-order valence-electron chi connectivity index (χ4n) is 9.62. The number of hydrogen-bond donors (Lipinski definition) is 3. The van der Waals surface area contributed by atoms with Gasteiger partial charge in [-0.3, -0.25) is 0 Å². The largest absolute Gasteiger partial charge is 0.393 e. The van der Waals surface area contributed by atoms with E-state index >= 15 is 0 Å². The van der Waals surface area contributed by atoms with Gasteiger partial charge in [-0.15, -0.1) is 0 Å². The van der Waals surface area contributed by atoms with Crippen LogP contribution in [0.2, 0.25) is 0 Å². The molecule has 0 heterocycles. The Kier molecular flexibility index (Phi) is 6.41. The van der Waals surface area contributed by atoms with Crippen LogP contribution in [0.3, 0.4) is 0 Å². The molecule has 0 aromatic carbocycles. The molecule has 3 heteroatoms. The van der Waals surface area contributed by atoms with Crippen molar-refractivity contribution in [2.24, 2.45) is 52.3 Å². The van der Waals surface area contributed by atoms with Gasteiger partial charge in [0.25, 0.3) is 0 Å². The second-order valence-corrected chi connectivity index (χ2v) is 12.3. The lowest BCUT2D eigenvalue weighted by Crippen LogP contribution is -2.65. The van der Waals surface area contributed by atoms with Gasteiger partial charge < -0.3 is 15.3 Å². The molecule has 3 nitrogen and oxygen atoms in total. The van der Waals surface area contributed by atoms with Gasteiger partial charge in [0, 0.05) is 0 Å². The zero-order valence-electron chi connectivity index (χ0n) is 20.2. The number of fused-ring (bicyclic) bond motifs is 5. The molecule has 0 bridgehead atoms. The molecule has 0 radical (unpaired) electrons. The Bertz CT molecular complexity index is 607. The Labute approximate surface area is 185 Å². The number of unbranched alkanes of at least 4 members (excludes halogenated alkanes) is 1. The van der Waals surface area contributed by atoms with Crippen LogP contribution in [0.15, 0.2) is 0 Å². The van der Waals surface area contributed by atoms with Crippen LogP contribution in [0.5, 0.6) is 0 Å². The lowest BCUT2D eigenvalue weighted by atomic mass is 9.41. The summed E-state index contributed by atoms with van der Waals surface area (Å²) in [5.41, 5.74) is 0.100. The first-order chi connectivity index (χ1) is 14.2. The van der Waals surface area contributed by atoms with Gasteiger partial charge in [-0.1, -0.05) is 60.3 Å². The van der Waals surface area contributed by atoms with E-state index in [2.05, 4.69) is 34.6 Å². The van der Waals surface area contributed by atoms with Crippen LogP contribution in [0.25, 0.3) is 0 Å². The third-order valence-electron chi connectivity index (χ3n) is 11.3. The first kappa shape index (κ1) is 23.1. The molecule has 4 unspecified atom stereocenters. The van der Waals surface area contributed by atoms with E-state index in [-0.39, 0.29) is 29.1 Å². The third kappa shape index (κ3) is 3.24. The van der Waals surface area contributed by atoms with E-state index in [0.29, 0.717) is 41.4 Å². The molecule has 30 heavy (non-hydrogen) atoms. The number of rotatable bonds is 5. The molecule has 4 aliphatic rings. The summed E-state index contributed by atoms with van der Waals surface area (Å²) in [6, 6.07) is 0. The van der Waals surface area contributed by atoms with Crippen LogP contribution >= 0.6 is 0 Å². The maximum Gasteiger partial charge on any atom is 0.0605 e. The highest BCUT2D eigenvalue weighted by molar-refractivity contribution is 5.15. The van der Waals surface area contributed by atoms with Crippen molar-refractivity contribution in [2.45, 2.75) is 117 Å². The minimum absolute atomic E-state index is 0.0506. The standard InChI is InChI=1S/C27H48O3/c1-6-8-9-16(3)19-10-11-20-24-22(15-23(29)27(19,20)5)26(4)13-12-17(28)14-21(26)18(7-2)25(24)30/h16-25,28-30H,6-15H2,1-5H3/t16-,17-,18-,19-,20?,21+,22?,23+,24?,25?,26+,27-/m1/s1. The molecule has 4 fully saturated rings. The topological polar surface area (TPSA) is 60.7 Å². The van der Waals surface area contributed by atoms with Gasteiger partial charge in [0.1, 0.15) is 0 Å². The Morgan fingerprint density at radius 3 is 2.33 bits per heavy atom. The SMILES string of the molecule is CCCC[C@@H](C)[C@H]1CCC2C3C(O)[C@H](CC)[C@@H]4C[C@H](O)CC[C@]4(C)C3C[C@H](O)[C@@]21C. The van der Waals surface area contributed by atoms with Gasteiger partial charge in [-0.2, -0.15) is 0 Å². The van der Waals surface area contributed by atoms with E-state index in [0.717, 1.165) is 32.1 Å². The second-order valence-electron chi connectivity index (χ2n) is 12.3. The number of hydrogen-bond acceptors (Lipinski definition) is 3. The van der Waals surface area contributed by atoms with Crippen LogP contribution < -0.4 is 0 Å². The Balaban J connectivity index is 1.68. The Morgan fingerprint density at radius 2 is 1.67 bits per heavy atom. The van der Waals surface area contributed by atoms with Gasteiger partial charge in [0.15, 0.2) is 0 Å². The molecule has 3 N–H and O–H groups in total. The lowest BCUT2D eigenvalue weighted by Gasteiger charge is -2.65. The monoisotopic (exact) mass is 420 g/mol. The zero-order valence-corrected chi connectivity index (χ0v) is 20.2. The van der Waals surface area contributed by atoms with Crippen LogP contribution in [-0.2, 0) is 0 Å². The van der Waals surface area contributed by atoms with E-state index < -0.39 is 0 Å². The highest BCUT2D eigenvalue weighted by Gasteiger charge is 2.67. The Hall–Kier alpha value is -0.120. The minimum Gasteiger partial charge on any atom is -0.393 e. The Morgan fingerprint density at radius 1 is 0.933 bits per heavy atom. The summed E-state index contributed by atoms with van der Waals surface area (Å²) >= 11 is 0. The maximum atomic E-state index is 11.8. The minimum atomic E-state index is -0.273. The van der Waals surface area contributed by atoms with Crippen molar-refractivity contribution in [3.05, 3.63) is 0 Å². The first-order valence-electron chi connectivity index (χ1n) is 13.2. The molecular weight excluding hydrogens is 372 g/mol. The molecule has 4 saturated carbocycles. The van der Waals surface area contributed by atoms with Crippen LogP contribution in [-0.4, -0.2) is 33.6 Å². The van der Waals surface area contributed by atoms with Crippen molar-refractivity contribution in [2.75, 3.05) is 0 Å². The average Bonchev–Trinajstić information content (AvgIpc) is 3.07. The fourth-order valence-corrected chi connectivity index (χ4v) is 9.62. The van der Waals surface area contributed by atoms with Crippen molar-refractivity contribution in [3.8, 4) is 0 Å². The smallest absolute Gasteiger partial charge is 0.0605 e. The predicted octanol–water partition coefficient (Wildman–Crippen LogP) is 5.41. The lowest BCUT2D eigenvalue weighted by molar-refractivity contribution is -0.228. The highest BCUT2D eigenvalue weighted by atomic mass is 16.3. The van der Waals surface area contributed by atoms with E-state index in [1.54, 1.807) is 0 Å². The van der Waals surface area contributed by atoms with E-state index in [1.807, 2.05) is 0 Å². The predicted molar refractivity (Wildman–Crippen MR) is 122 cm³/mol. The van der Waals surface area contributed by atoms with Gasteiger partial charge in [0.2, 0.25) is 0 Å². The molecule has 4 aliphatic carbocycles. The normalized spacial score (nSPS) is 54.2. The summed E-state index contributed by atoms with van der Waals surface area (Å²) in [4.78, 5) is 0. The van der Waals surface area contributed by atoms with Crippen molar-refractivity contribution in [1.82, 2.24) is 0 Å². The number of aliphatic hydroxyl groups is 3. The third-order valence-corrected chi connectivity index (χ3v) is 11.3. The second kappa shape index (κ2) is 8.34. The molecular formula is C27H48O3. The van der Waals surface area contributed by atoms with Crippen molar-refractivity contribution in [1.29, 1.82) is 0 Å². The average molecular weight is 421 g/mol. The van der Waals surface area contributed by atoms with Gasteiger partial charge in [-0.05, 0) is 90.8 Å². The van der Waals surface area contributed by atoms with Crippen LogP contribution in [0, 0.1) is 52.3 Å². The molecule has 12 atom stereocenters. The van der Waals surface area contributed by atoms with Gasteiger partial charge in [-0.25, -0.2) is 0 Å². The molecule has 0 aromatic heterocycles. The molecule has 4 rings (SSSR count). The van der Waals surface area contributed by atoms with Crippen LogP contribution in [0.1, 0.15) is 98.8 Å². The van der Waals surface area contributed by atoms with Crippen molar-refractivity contribution >= 4 is 0 Å². The molecule has 0 amide bonds. The molecule has 0 aliphatic heterocycles. The van der Waals surface area contributed by atoms with E-state index in [1.165, 1.54) is 32.1 Å². The van der Waals surface area contributed by atoms with Gasteiger partial charge in [0.05, 0.1) is 18.3 Å². The van der Waals surface area contributed by atoms with Crippen LogP contribution in [0.4, 0.5) is 0 Å². The van der Waals surface area contributed by atoms with E-state index in [4.69, 9.17) is 0 Å². The highest BCUT2D eigenvalue weighted by Crippen LogP contribution is 2.69. The van der Waals surface area contributed by atoms with Gasteiger partial charge >= 0.3 is 0 Å². The van der Waals surface area contributed by atoms with Crippen molar-refractivity contribution < 1.29 is 15.3 Å². The van der Waals surface area contributed by atoms with Crippen molar-refractivity contribution in [3.63, 3.8) is 0 Å². The molecule has 0 aromatic rings. The number of aliphatic hydroxyl groups excluding tert-OH is 3. The fraction of sp³-hybridized carbons (Fsp3) is 1.00. The summed E-state index contributed by atoms with van der Waals surface area (Å²) < 4.78 is 0. The first-order valence-corrected chi connectivity index (χ1v) is 13.2. The quantitative estimate of drug-likeness (QED) is 0.557. The maximum absolute atomic E-state index is 11.8. The summed E-state index contributed by atoms with van der Waals surface area (Å²) in [5.74, 6) is 3.07. The molecule has 0 spiro atoms. The summed E-state index contributed by atoms with van der Waals surface area (Å²) in [6.45, 7) is 11.7. The molecule has 174 valence electrons. The summed E-state index contributed by atoms with van der Waals surface area (Å²) in [7, 11) is 0. The summed E-state index contributed by atoms with van der Waals surface area (Å²) in [6.07, 6.45) is 10.1.